The molecule has 0 unspecified atom stereocenters. The molecule has 60 heavy (non-hydrogen) atoms. The van der Waals surface area contributed by atoms with Gasteiger partial charge in [-0.05, 0) is 148 Å². The molecule has 318 valence electrons. The maximum absolute atomic E-state index is 8.27. The molecule has 10 rings (SSSR count). The van der Waals surface area contributed by atoms with Crippen LogP contribution < -0.4 is 9.05 Å². The summed E-state index contributed by atoms with van der Waals surface area (Å²) in [5.74, 6) is 2.48. The van der Waals surface area contributed by atoms with Gasteiger partial charge in [-0.2, -0.15) is 0 Å². The fourth-order valence-corrected chi connectivity index (χ4v) is 18.7. The van der Waals surface area contributed by atoms with E-state index in [1.807, 2.05) is 0 Å². The second kappa shape index (κ2) is 19.8. The van der Waals surface area contributed by atoms with Crippen molar-refractivity contribution < 1.29 is 9.05 Å². The van der Waals surface area contributed by atoms with Crippen LogP contribution in [0.1, 0.15) is 176 Å². The summed E-state index contributed by atoms with van der Waals surface area (Å²) in [6.07, 6.45) is 37.1. The van der Waals surface area contributed by atoms with Crippen molar-refractivity contribution in [2.75, 3.05) is 0 Å². The number of hydrogen-bond acceptors (Lipinski definition) is 2. The lowest BCUT2D eigenvalue weighted by Gasteiger charge is -2.40. The van der Waals surface area contributed by atoms with E-state index in [0.29, 0.717) is 22.6 Å². The van der Waals surface area contributed by atoms with Crippen LogP contribution in [-0.2, 0) is 25.7 Å². The van der Waals surface area contributed by atoms with Crippen LogP contribution in [0.25, 0.3) is 33.4 Å². The van der Waals surface area contributed by atoms with Gasteiger partial charge in [-0.15, -0.1) is 0 Å². The van der Waals surface area contributed by atoms with Crippen molar-refractivity contribution in [2.24, 2.45) is 0 Å². The lowest BCUT2D eigenvalue weighted by Crippen LogP contribution is -2.24. The molecule has 0 radical (unpaired) electrons. The van der Waals surface area contributed by atoms with Crippen molar-refractivity contribution in [1.29, 1.82) is 0 Å². The molecule has 6 aliphatic rings. The number of benzene rings is 4. The molecule has 2 nitrogen and oxygen atoms in total. The first kappa shape index (κ1) is 41.4. The third-order valence-electron chi connectivity index (χ3n) is 15.8. The van der Waals surface area contributed by atoms with E-state index >= 15 is 0 Å². The molecule has 0 N–H and O–H groups in total. The zero-order chi connectivity index (χ0) is 40.1. The van der Waals surface area contributed by atoms with E-state index in [9.17, 15) is 0 Å². The molecule has 6 aliphatic carbocycles. The summed E-state index contributed by atoms with van der Waals surface area (Å²) < 4.78 is 16.5. The van der Waals surface area contributed by atoms with Crippen molar-refractivity contribution >= 4 is 16.3 Å². The Bertz CT molecular complexity index is 1830. The number of aryl methyl sites for hydroxylation is 2. The summed E-state index contributed by atoms with van der Waals surface area (Å²) in [7, 11) is -1.29. The average molecular weight is 839 g/mol. The highest BCUT2D eigenvalue weighted by Gasteiger charge is 2.40. The van der Waals surface area contributed by atoms with Gasteiger partial charge in [-0.25, -0.2) is 0 Å². The Hall–Kier alpha value is -2.66. The topological polar surface area (TPSA) is 18.5 Å². The molecular formula is C56H72O2P2. The Morgan fingerprint density at radius 1 is 0.350 bits per heavy atom. The van der Waals surface area contributed by atoms with E-state index in [-0.39, 0.29) is 0 Å². The van der Waals surface area contributed by atoms with E-state index in [2.05, 4.69) is 72.8 Å². The minimum atomic E-state index is -0.646. The lowest BCUT2D eigenvalue weighted by atomic mass is 9.77. The summed E-state index contributed by atoms with van der Waals surface area (Å²) in [4.78, 5) is 0. The zero-order valence-electron chi connectivity index (χ0n) is 36.7. The van der Waals surface area contributed by atoms with Crippen LogP contribution in [0.2, 0.25) is 0 Å². The second-order valence-corrected chi connectivity index (χ2v) is 24.5. The summed E-state index contributed by atoms with van der Waals surface area (Å²) in [6, 6.07) is 28.2. The maximum Gasteiger partial charge on any atom is 0.139 e. The Morgan fingerprint density at radius 2 is 0.667 bits per heavy atom. The predicted octanol–water partition coefficient (Wildman–Crippen LogP) is 17.3. The molecule has 4 fully saturated rings. The first-order chi connectivity index (χ1) is 29.8. The number of fused-ring (bicyclic) bond motifs is 2. The van der Waals surface area contributed by atoms with E-state index in [1.54, 1.807) is 22.3 Å². The normalized spacial score (nSPS) is 21.2. The molecular weight excluding hydrogens is 767 g/mol. The Morgan fingerprint density at radius 3 is 1.00 bits per heavy atom. The molecule has 0 heterocycles. The highest BCUT2D eigenvalue weighted by molar-refractivity contribution is 7.55. The van der Waals surface area contributed by atoms with Crippen LogP contribution in [0.15, 0.2) is 72.8 Å². The van der Waals surface area contributed by atoms with Crippen LogP contribution >= 0.6 is 16.3 Å². The molecule has 4 aromatic rings. The monoisotopic (exact) mass is 839 g/mol. The SMILES string of the molecule is c1ccc(-c2cc3c(c(-c4c5c(cc(-c6ccccc6)c4OP(C4CCCCC4)C4CCCCC4)CCCC5)c2OP(C2CCCCC2)C2CCCCC2)CCCC3)cc1. The van der Waals surface area contributed by atoms with Crippen molar-refractivity contribution in [3.63, 3.8) is 0 Å². The van der Waals surface area contributed by atoms with Crippen molar-refractivity contribution in [1.82, 2.24) is 0 Å². The summed E-state index contributed by atoms with van der Waals surface area (Å²) >= 11 is 0. The smallest absolute Gasteiger partial charge is 0.139 e. The molecule has 4 saturated carbocycles. The van der Waals surface area contributed by atoms with Gasteiger partial charge in [0.25, 0.3) is 0 Å². The molecule has 0 spiro atoms. The van der Waals surface area contributed by atoms with Gasteiger partial charge >= 0.3 is 0 Å². The maximum atomic E-state index is 8.27. The molecule has 0 atom stereocenters. The summed E-state index contributed by atoms with van der Waals surface area (Å²) in [5, 5.41) is 0. The van der Waals surface area contributed by atoms with Crippen molar-refractivity contribution in [3.05, 3.63) is 95.1 Å². The molecule has 4 heteroatoms. The molecule has 0 bridgehead atoms. The van der Waals surface area contributed by atoms with Gasteiger partial charge in [0.1, 0.15) is 11.5 Å². The van der Waals surface area contributed by atoms with Crippen LogP contribution in [-0.4, -0.2) is 22.6 Å². The molecule has 4 aromatic carbocycles. The van der Waals surface area contributed by atoms with Gasteiger partial charge in [-0.3, -0.25) is 0 Å². The summed E-state index contributed by atoms with van der Waals surface area (Å²) in [6.45, 7) is 0. The van der Waals surface area contributed by atoms with E-state index in [4.69, 9.17) is 9.05 Å². The molecule has 0 aromatic heterocycles. The first-order valence-corrected chi connectivity index (χ1v) is 28.0. The van der Waals surface area contributed by atoms with Crippen LogP contribution in [0.4, 0.5) is 0 Å². The van der Waals surface area contributed by atoms with Crippen LogP contribution in [0.5, 0.6) is 11.5 Å². The first-order valence-electron chi connectivity index (χ1n) is 25.2. The standard InChI is InChI=1S/C56H72O2P2/c1-7-23-41(24-8-1)51-39-43-27-19-21-37-49(43)53(55(51)57-59(45-29-11-3-12-30-45)46-31-13-4-14-32-46)54-50-38-22-20-28-44(50)40-52(42-25-9-2-10-26-42)56(54)58-60(47-33-15-5-16-34-47)48-35-17-6-18-36-48/h1-2,7-10,23-26,39-40,45-48H,3-6,11-22,27-38H2. The molecule has 0 amide bonds. The Labute approximate surface area is 366 Å². The predicted molar refractivity (Wildman–Crippen MR) is 259 cm³/mol. The number of rotatable bonds is 11. The fraction of sp³-hybridized carbons (Fsp3) is 0.571. The van der Waals surface area contributed by atoms with Crippen molar-refractivity contribution in [3.8, 4) is 44.9 Å². The molecule has 0 aliphatic heterocycles. The van der Waals surface area contributed by atoms with E-state index in [0.717, 1.165) is 25.7 Å². The van der Waals surface area contributed by atoms with Crippen LogP contribution in [0, 0.1) is 0 Å². The van der Waals surface area contributed by atoms with Gasteiger partial charge in [0.2, 0.25) is 0 Å². The van der Waals surface area contributed by atoms with Gasteiger partial charge < -0.3 is 9.05 Å². The quantitative estimate of drug-likeness (QED) is 0.140. The zero-order valence-corrected chi connectivity index (χ0v) is 38.5. The van der Waals surface area contributed by atoms with Gasteiger partial charge in [0, 0.05) is 44.9 Å². The second-order valence-electron chi connectivity index (χ2n) is 19.7. The Balaban J connectivity index is 1.26. The minimum Gasteiger partial charge on any atom is -0.472 e. The van der Waals surface area contributed by atoms with Gasteiger partial charge in [-0.1, -0.05) is 138 Å². The largest absolute Gasteiger partial charge is 0.472 e. The third-order valence-corrected chi connectivity index (χ3v) is 21.5. The molecule has 0 saturated heterocycles. The van der Waals surface area contributed by atoms with E-state index in [1.165, 1.54) is 199 Å². The average Bonchev–Trinajstić information content (AvgIpc) is 3.33. The third kappa shape index (κ3) is 8.92. The van der Waals surface area contributed by atoms with Gasteiger partial charge in [0.15, 0.2) is 0 Å². The fourth-order valence-electron chi connectivity index (χ4n) is 12.6. The highest BCUT2D eigenvalue weighted by atomic mass is 31.1. The lowest BCUT2D eigenvalue weighted by molar-refractivity contribution is 0.448. The highest BCUT2D eigenvalue weighted by Crippen LogP contribution is 2.64. The summed E-state index contributed by atoms with van der Waals surface area (Å²) in [5.41, 5.74) is 17.5. The number of hydrogen-bond donors (Lipinski definition) is 0. The van der Waals surface area contributed by atoms with E-state index < -0.39 is 16.3 Å². The van der Waals surface area contributed by atoms with Gasteiger partial charge in [0.05, 0.1) is 16.3 Å². The van der Waals surface area contributed by atoms with Crippen molar-refractivity contribution in [2.45, 2.75) is 202 Å². The Kier molecular flexibility index (Phi) is 13.7. The minimum absolute atomic E-state index is 0.646. The van der Waals surface area contributed by atoms with Crippen LogP contribution in [0.3, 0.4) is 0 Å².